The first-order valence-electron chi connectivity index (χ1n) is 9.35. The summed E-state index contributed by atoms with van der Waals surface area (Å²) in [6.07, 6.45) is 13.5. The van der Waals surface area contributed by atoms with Gasteiger partial charge in [-0.05, 0) is 24.5 Å². The Morgan fingerprint density at radius 1 is 1.07 bits per heavy atom. The van der Waals surface area contributed by atoms with Crippen molar-refractivity contribution in [3.63, 3.8) is 0 Å². The summed E-state index contributed by atoms with van der Waals surface area (Å²) in [7, 11) is 3.98. The lowest BCUT2D eigenvalue weighted by Crippen LogP contribution is -2.34. The molecule has 4 rings (SSSR count). The number of rotatable bonds is 5. The number of hydrogen-bond donors (Lipinski definition) is 0. The van der Waals surface area contributed by atoms with E-state index in [-0.39, 0.29) is 0 Å². The molecule has 0 aromatic carbocycles. The largest absolute Gasteiger partial charge is 0.361 e. The van der Waals surface area contributed by atoms with Crippen molar-refractivity contribution >= 4 is 11.6 Å². The zero-order valence-corrected chi connectivity index (χ0v) is 15.9. The normalized spacial score (nSPS) is 15.1. The van der Waals surface area contributed by atoms with Gasteiger partial charge in [-0.3, -0.25) is 9.97 Å². The Hall–Kier alpha value is -2.96. The molecule has 1 saturated heterocycles. The van der Waals surface area contributed by atoms with Gasteiger partial charge in [-0.15, -0.1) is 0 Å². The number of anilines is 2. The van der Waals surface area contributed by atoms with Gasteiger partial charge in [-0.2, -0.15) is 0 Å². The summed E-state index contributed by atoms with van der Waals surface area (Å²) in [6.45, 7) is 2.76. The fraction of sp³-hybridized carbons (Fsp3) is 0.400. The number of piperidine rings is 1. The molecule has 0 aliphatic carbocycles. The summed E-state index contributed by atoms with van der Waals surface area (Å²) < 4.78 is 2.25. The van der Waals surface area contributed by atoms with Gasteiger partial charge in [0.2, 0.25) is 0 Å². The predicted octanol–water partition coefficient (Wildman–Crippen LogP) is 2.57. The van der Waals surface area contributed by atoms with E-state index in [1.54, 1.807) is 6.20 Å². The number of hydrogen-bond acceptors (Lipinski definition) is 6. The molecule has 0 radical (unpaired) electrons. The number of imidazole rings is 1. The van der Waals surface area contributed by atoms with E-state index >= 15 is 0 Å². The quantitative estimate of drug-likeness (QED) is 0.694. The van der Waals surface area contributed by atoms with Crippen LogP contribution in [0.25, 0.3) is 0 Å². The monoisotopic (exact) mass is 363 g/mol. The fourth-order valence-electron chi connectivity index (χ4n) is 3.58. The third-order valence-corrected chi connectivity index (χ3v) is 5.07. The highest BCUT2D eigenvalue weighted by molar-refractivity contribution is 5.45. The lowest BCUT2D eigenvalue weighted by atomic mass is 9.96. The summed E-state index contributed by atoms with van der Waals surface area (Å²) >= 11 is 0. The Kier molecular flexibility index (Phi) is 5.00. The summed E-state index contributed by atoms with van der Waals surface area (Å²) in [4.78, 5) is 22.2. The van der Waals surface area contributed by atoms with Gasteiger partial charge in [0, 0.05) is 57.9 Å². The highest BCUT2D eigenvalue weighted by Crippen LogP contribution is 2.29. The lowest BCUT2D eigenvalue weighted by Gasteiger charge is -2.32. The zero-order valence-electron chi connectivity index (χ0n) is 15.9. The third-order valence-electron chi connectivity index (χ3n) is 5.07. The first-order valence-corrected chi connectivity index (χ1v) is 9.35. The van der Waals surface area contributed by atoms with Gasteiger partial charge in [0.1, 0.15) is 17.5 Å². The van der Waals surface area contributed by atoms with Crippen LogP contribution >= 0.6 is 0 Å². The number of aromatic nitrogens is 5. The molecule has 27 heavy (non-hydrogen) atoms. The second-order valence-electron chi connectivity index (χ2n) is 7.17. The topological polar surface area (TPSA) is 63.0 Å². The van der Waals surface area contributed by atoms with Crippen LogP contribution in [0.4, 0.5) is 11.6 Å². The summed E-state index contributed by atoms with van der Waals surface area (Å²) in [6, 6.07) is 4.09. The molecule has 1 aliphatic heterocycles. The number of nitrogens with zero attached hydrogens (tertiary/aromatic N) is 7. The van der Waals surface area contributed by atoms with Crippen LogP contribution in [0.2, 0.25) is 0 Å². The van der Waals surface area contributed by atoms with Crippen molar-refractivity contribution in [3.8, 4) is 0 Å². The van der Waals surface area contributed by atoms with Gasteiger partial charge >= 0.3 is 0 Å². The average Bonchev–Trinajstić information content (AvgIpc) is 3.17. The molecule has 7 heteroatoms. The van der Waals surface area contributed by atoms with Crippen LogP contribution < -0.4 is 9.80 Å². The van der Waals surface area contributed by atoms with E-state index < -0.39 is 0 Å². The molecule has 7 nitrogen and oxygen atoms in total. The predicted molar refractivity (Wildman–Crippen MR) is 106 cm³/mol. The highest BCUT2D eigenvalue weighted by atomic mass is 15.2. The van der Waals surface area contributed by atoms with Crippen LogP contribution in [0.15, 0.2) is 49.3 Å². The Balaban J connectivity index is 1.43. The minimum Gasteiger partial charge on any atom is -0.361 e. The van der Waals surface area contributed by atoms with E-state index in [1.807, 2.05) is 49.8 Å². The molecule has 3 aromatic heterocycles. The Labute approximate surface area is 159 Å². The summed E-state index contributed by atoms with van der Waals surface area (Å²) in [5.74, 6) is 3.49. The van der Waals surface area contributed by atoms with Gasteiger partial charge in [-0.1, -0.05) is 6.07 Å². The fourth-order valence-corrected chi connectivity index (χ4v) is 3.58. The molecule has 3 aromatic rings. The van der Waals surface area contributed by atoms with E-state index in [1.165, 1.54) is 11.4 Å². The van der Waals surface area contributed by atoms with Crippen LogP contribution in [-0.4, -0.2) is 51.7 Å². The van der Waals surface area contributed by atoms with Crippen LogP contribution in [-0.2, 0) is 6.54 Å². The summed E-state index contributed by atoms with van der Waals surface area (Å²) in [5.41, 5.74) is 1.20. The van der Waals surface area contributed by atoms with E-state index in [9.17, 15) is 0 Å². The minimum absolute atomic E-state index is 0.470. The lowest BCUT2D eigenvalue weighted by molar-refractivity contribution is 0.468. The molecule has 0 saturated carbocycles. The molecule has 0 atom stereocenters. The van der Waals surface area contributed by atoms with Crippen molar-refractivity contribution in [2.75, 3.05) is 37.0 Å². The van der Waals surface area contributed by atoms with Gasteiger partial charge < -0.3 is 14.4 Å². The maximum absolute atomic E-state index is 4.72. The van der Waals surface area contributed by atoms with Crippen LogP contribution in [0.3, 0.4) is 0 Å². The molecule has 140 valence electrons. The molecule has 0 amide bonds. The van der Waals surface area contributed by atoms with E-state index in [0.717, 1.165) is 44.1 Å². The molecular weight excluding hydrogens is 338 g/mol. The first-order chi connectivity index (χ1) is 13.2. The maximum atomic E-state index is 4.72. The third kappa shape index (κ3) is 3.92. The van der Waals surface area contributed by atoms with Crippen molar-refractivity contribution in [1.82, 2.24) is 24.5 Å². The second kappa shape index (κ2) is 7.73. The smallest absolute Gasteiger partial charge is 0.149 e. The van der Waals surface area contributed by atoms with E-state index in [0.29, 0.717) is 5.92 Å². The van der Waals surface area contributed by atoms with Crippen molar-refractivity contribution < 1.29 is 0 Å². The van der Waals surface area contributed by atoms with Crippen molar-refractivity contribution in [2.24, 2.45) is 0 Å². The zero-order chi connectivity index (χ0) is 18.6. The van der Waals surface area contributed by atoms with Gasteiger partial charge in [0.05, 0.1) is 18.9 Å². The Bertz CT molecular complexity index is 867. The molecular formula is C20H25N7. The highest BCUT2D eigenvalue weighted by Gasteiger charge is 2.25. The molecule has 0 bridgehead atoms. The van der Waals surface area contributed by atoms with Gasteiger partial charge in [-0.25, -0.2) is 9.97 Å². The van der Waals surface area contributed by atoms with Gasteiger partial charge in [0.15, 0.2) is 0 Å². The Morgan fingerprint density at radius 2 is 1.93 bits per heavy atom. The molecule has 1 fully saturated rings. The van der Waals surface area contributed by atoms with Gasteiger partial charge in [0.25, 0.3) is 0 Å². The molecule has 0 N–H and O–H groups in total. The van der Waals surface area contributed by atoms with Crippen molar-refractivity contribution in [1.29, 1.82) is 0 Å². The SMILES string of the molecule is CN(C)c1cncc(N2CCC(c3nccn3Cc3cccnc3)CC2)n1. The average molecular weight is 363 g/mol. The molecule has 4 heterocycles. The Morgan fingerprint density at radius 3 is 2.67 bits per heavy atom. The number of pyridine rings is 1. The second-order valence-corrected chi connectivity index (χ2v) is 7.17. The maximum Gasteiger partial charge on any atom is 0.149 e. The summed E-state index contributed by atoms with van der Waals surface area (Å²) in [5, 5.41) is 0. The van der Waals surface area contributed by atoms with Crippen LogP contribution in [0.1, 0.15) is 30.1 Å². The first kappa shape index (κ1) is 17.5. The molecule has 0 spiro atoms. The van der Waals surface area contributed by atoms with Crippen molar-refractivity contribution in [3.05, 3.63) is 60.7 Å². The minimum atomic E-state index is 0.470. The molecule has 0 unspecified atom stereocenters. The van der Waals surface area contributed by atoms with E-state index in [2.05, 4.69) is 36.7 Å². The van der Waals surface area contributed by atoms with Crippen LogP contribution in [0, 0.1) is 0 Å². The van der Waals surface area contributed by atoms with E-state index in [4.69, 9.17) is 4.98 Å². The standard InChI is InChI=1S/C20H25N7/c1-25(2)18-13-22-14-19(24-18)26-9-5-17(6-10-26)20-23-8-11-27(20)15-16-4-3-7-21-12-16/h3-4,7-8,11-14,17H,5-6,9-10,15H2,1-2H3. The van der Waals surface area contributed by atoms with Crippen LogP contribution in [0.5, 0.6) is 0 Å². The van der Waals surface area contributed by atoms with Crippen molar-refractivity contribution in [2.45, 2.75) is 25.3 Å². The molecule has 1 aliphatic rings.